The van der Waals surface area contributed by atoms with Gasteiger partial charge in [-0.15, -0.1) is 0 Å². The van der Waals surface area contributed by atoms with Crippen LogP contribution in [0.4, 0.5) is 5.69 Å². The van der Waals surface area contributed by atoms with Gasteiger partial charge in [-0.2, -0.15) is 0 Å². The van der Waals surface area contributed by atoms with Crippen LogP contribution in [0.2, 0.25) is 0 Å². The number of aromatic hydroxyl groups is 1. The molecule has 4 rings (SSSR count). The number of phenolic OH excluding ortho intramolecular Hbond substituents is 1. The Balaban J connectivity index is 1.53. The van der Waals surface area contributed by atoms with Gasteiger partial charge in [-0.3, -0.25) is 4.90 Å². The number of benzene rings is 2. The van der Waals surface area contributed by atoms with E-state index in [-0.39, 0.29) is 5.75 Å². The average Bonchev–Trinajstić information content (AvgIpc) is 2.72. The molecule has 1 aliphatic heterocycles. The maximum atomic E-state index is 11.9. The van der Waals surface area contributed by atoms with Gasteiger partial charge in [0.05, 0.1) is 18.4 Å². The van der Waals surface area contributed by atoms with Gasteiger partial charge in [0.1, 0.15) is 21.6 Å². The van der Waals surface area contributed by atoms with Crippen molar-refractivity contribution in [2.75, 3.05) is 38.2 Å². The summed E-state index contributed by atoms with van der Waals surface area (Å²) in [6, 6.07) is 13.1. The van der Waals surface area contributed by atoms with Gasteiger partial charge in [-0.25, -0.2) is 4.79 Å². The number of hydrogen-bond acceptors (Lipinski definition) is 6. The molecule has 0 saturated carbocycles. The van der Waals surface area contributed by atoms with Gasteiger partial charge in [0.2, 0.25) is 0 Å². The zero-order valence-electron chi connectivity index (χ0n) is 15.5. The molecule has 0 spiro atoms. The van der Waals surface area contributed by atoms with Crippen molar-refractivity contribution in [1.82, 2.24) is 4.90 Å². The van der Waals surface area contributed by atoms with E-state index in [2.05, 4.69) is 31.8 Å². The third kappa shape index (κ3) is 3.59. The zero-order valence-corrected chi connectivity index (χ0v) is 17.1. The summed E-state index contributed by atoms with van der Waals surface area (Å²) >= 11 is 3.20. The lowest BCUT2D eigenvalue weighted by Gasteiger charge is -2.36. The summed E-state index contributed by atoms with van der Waals surface area (Å²) in [7, 11) is 1.69. The second-order valence-electron chi connectivity index (χ2n) is 6.80. The van der Waals surface area contributed by atoms with E-state index >= 15 is 0 Å². The van der Waals surface area contributed by atoms with Crippen LogP contribution >= 0.6 is 15.9 Å². The molecule has 0 radical (unpaired) electrons. The van der Waals surface area contributed by atoms with Crippen LogP contribution in [0.25, 0.3) is 11.0 Å². The predicted molar refractivity (Wildman–Crippen MR) is 112 cm³/mol. The Morgan fingerprint density at radius 3 is 2.64 bits per heavy atom. The first kappa shape index (κ1) is 18.8. The highest BCUT2D eigenvalue weighted by Gasteiger charge is 2.22. The minimum absolute atomic E-state index is 0.144. The Labute approximate surface area is 171 Å². The van der Waals surface area contributed by atoms with Crippen LogP contribution in [-0.4, -0.2) is 43.3 Å². The highest BCUT2D eigenvalue weighted by atomic mass is 79.9. The monoisotopic (exact) mass is 444 g/mol. The van der Waals surface area contributed by atoms with E-state index in [1.54, 1.807) is 25.3 Å². The van der Waals surface area contributed by atoms with Gasteiger partial charge in [-0.1, -0.05) is 12.1 Å². The van der Waals surface area contributed by atoms with Crippen molar-refractivity contribution in [3.05, 3.63) is 62.9 Å². The van der Waals surface area contributed by atoms with Crippen molar-refractivity contribution < 1.29 is 14.3 Å². The number of piperazine rings is 1. The second-order valence-corrected chi connectivity index (χ2v) is 7.65. The Kier molecular flexibility index (Phi) is 5.28. The van der Waals surface area contributed by atoms with E-state index in [4.69, 9.17) is 9.15 Å². The number of halogens is 1. The first-order valence-electron chi connectivity index (χ1n) is 9.11. The molecular formula is C21H21BrN2O4. The van der Waals surface area contributed by atoms with E-state index in [9.17, 15) is 9.90 Å². The molecule has 0 bridgehead atoms. The number of methoxy groups -OCH3 is 1. The van der Waals surface area contributed by atoms with E-state index in [1.807, 2.05) is 18.2 Å². The normalized spacial score (nSPS) is 15.1. The molecule has 0 amide bonds. The fourth-order valence-corrected chi connectivity index (χ4v) is 3.95. The van der Waals surface area contributed by atoms with E-state index < -0.39 is 5.63 Å². The molecule has 0 aliphatic carbocycles. The summed E-state index contributed by atoms with van der Waals surface area (Å²) in [5.41, 5.74) is 1.74. The third-order valence-corrected chi connectivity index (χ3v) is 5.67. The zero-order chi connectivity index (χ0) is 19.7. The molecule has 2 aromatic carbocycles. The van der Waals surface area contributed by atoms with Gasteiger partial charge in [-0.05, 0) is 46.3 Å². The number of rotatable bonds is 4. The van der Waals surface area contributed by atoms with Crippen molar-refractivity contribution in [2.24, 2.45) is 0 Å². The highest BCUT2D eigenvalue weighted by Crippen LogP contribution is 2.31. The quantitative estimate of drug-likeness (QED) is 0.620. The standard InChI is InChI=1S/C21H21BrN2O4/c1-27-19-5-3-2-4-17(19)24-10-8-23(9-11-24)13-15-18(25)7-6-14-12-16(22)21(26)28-20(14)15/h2-7,12,25H,8-11,13H2,1H3. The molecule has 1 fully saturated rings. The van der Waals surface area contributed by atoms with Gasteiger partial charge in [0.15, 0.2) is 0 Å². The van der Waals surface area contributed by atoms with Crippen LogP contribution in [0, 0.1) is 0 Å². The Morgan fingerprint density at radius 1 is 1.14 bits per heavy atom. The van der Waals surface area contributed by atoms with Crippen LogP contribution in [0.1, 0.15) is 5.56 Å². The molecule has 0 unspecified atom stereocenters. The summed E-state index contributed by atoms with van der Waals surface area (Å²) in [5, 5.41) is 11.2. The van der Waals surface area contributed by atoms with Crippen molar-refractivity contribution in [2.45, 2.75) is 6.54 Å². The smallest absolute Gasteiger partial charge is 0.350 e. The molecule has 7 heteroatoms. The Morgan fingerprint density at radius 2 is 1.89 bits per heavy atom. The van der Waals surface area contributed by atoms with Crippen LogP contribution in [0.3, 0.4) is 0 Å². The van der Waals surface area contributed by atoms with Crippen molar-refractivity contribution in [3.63, 3.8) is 0 Å². The Hall–Kier alpha value is -2.51. The number of hydrogen-bond donors (Lipinski definition) is 1. The minimum atomic E-state index is -0.444. The molecule has 146 valence electrons. The summed E-state index contributed by atoms with van der Waals surface area (Å²) in [4.78, 5) is 16.5. The van der Waals surface area contributed by atoms with Gasteiger partial charge in [0.25, 0.3) is 0 Å². The minimum Gasteiger partial charge on any atom is -0.507 e. The summed E-state index contributed by atoms with van der Waals surface area (Å²) < 4.78 is 11.3. The lowest BCUT2D eigenvalue weighted by molar-refractivity contribution is 0.246. The van der Waals surface area contributed by atoms with E-state index in [0.29, 0.717) is 22.2 Å². The van der Waals surface area contributed by atoms with E-state index in [0.717, 1.165) is 43.0 Å². The maximum absolute atomic E-state index is 11.9. The second kappa shape index (κ2) is 7.85. The molecule has 2 heterocycles. The fourth-order valence-electron chi connectivity index (χ4n) is 3.62. The highest BCUT2D eigenvalue weighted by molar-refractivity contribution is 9.10. The van der Waals surface area contributed by atoms with Crippen LogP contribution < -0.4 is 15.3 Å². The largest absolute Gasteiger partial charge is 0.507 e. The van der Waals surface area contributed by atoms with Crippen LogP contribution in [-0.2, 0) is 6.54 Å². The van der Waals surface area contributed by atoms with Crippen molar-refractivity contribution in [1.29, 1.82) is 0 Å². The predicted octanol–water partition coefficient (Wildman–Crippen LogP) is 3.59. The van der Waals surface area contributed by atoms with Crippen molar-refractivity contribution >= 4 is 32.6 Å². The molecule has 1 N–H and O–H groups in total. The van der Waals surface area contributed by atoms with Crippen LogP contribution in [0.5, 0.6) is 11.5 Å². The topological polar surface area (TPSA) is 66.2 Å². The molecule has 1 aromatic heterocycles. The lowest BCUT2D eigenvalue weighted by Crippen LogP contribution is -2.46. The molecule has 28 heavy (non-hydrogen) atoms. The third-order valence-electron chi connectivity index (χ3n) is 5.12. The molecular weight excluding hydrogens is 424 g/mol. The molecule has 3 aromatic rings. The lowest BCUT2D eigenvalue weighted by atomic mass is 10.1. The molecule has 1 aliphatic rings. The fraction of sp³-hybridized carbons (Fsp3) is 0.286. The van der Waals surface area contributed by atoms with Gasteiger partial charge < -0.3 is 19.2 Å². The van der Waals surface area contributed by atoms with Gasteiger partial charge >= 0.3 is 5.63 Å². The number of fused-ring (bicyclic) bond motifs is 1. The number of para-hydroxylation sites is 2. The molecule has 0 atom stereocenters. The number of phenols is 1. The molecule has 1 saturated heterocycles. The molecule has 6 nitrogen and oxygen atoms in total. The number of ether oxygens (including phenoxy) is 1. The van der Waals surface area contributed by atoms with Gasteiger partial charge in [0, 0.05) is 38.1 Å². The van der Waals surface area contributed by atoms with E-state index in [1.165, 1.54) is 0 Å². The SMILES string of the molecule is COc1ccccc1N1CCN(Cc2c(O)ccc3cc(Br)c(=O)oc23)CC1. The maximum Gasteiger partial charge on any atom is 0.350 e. The Bertz CT molecular complexity index is 1060. The summed E-state index contributed by atoms with van der Waals surface area (Å²) in [6.45, 7) is 3.87. The first-order chi connectivity index (χ1) is 13.6. The number of nitrogens with zero attached hydrogens (tertiary/aromatic N) is 2. The first-order valence-corrected chi connectivity index (χ1v) is 9.90. The summed E-state index contributed by atoms with van der Waals surface area (Å²) in [6.07, 6.45) is 0. The van der Waals surface area contributed by atoms with Crippen molar-refractivity contribution in [3.8, 4) is 11.5 Å². The average molecular weight is 445 g/mol. The number of anilines is 1. The summed E-state index contributed by atoms with van der Waals surface area (Å²) in [5.74, 6) is 1.01. The van der Waals surface area contributed by atoms with Crippen LogP contribution in [0.15, 0.2) is 56.1 Å².